The number of amides is 1. The maximum absolute atomic E-state index is 11.9. The quantitative estimate of drug-likeness (QED) is 0.723. The number of aromatic amines is 1. The summed E-state index contributed by atoms with van der Waals surface area (Å²) in [4.78, 5) is 20.3. The van der Waals surface area contributed by atoms with E-state index in [1.165, 1.54) is 11.3 Å². The maximum Gasteiger partial charge on any atom is 0.261 e. The zero-order valence-corrected chi connectivity index (χ0v) is 11.7. The maximum atomic E-state index is 11.9. The van der Waals surface area contributed by atoms with E-state index in [0.717, 1.165) is 17.0 Å². The van der Waals surface area contributed by atoms with Gasteiger partial charge in [-0.1, -0.05) is 11.8 Å². The number of carbonyl (C=O) groups excluding carboxylic acids is 1. The van der Waals surface area contributed by atoms with Crippen LogP contribution in [0.25, 0.3) is 0 Å². The second kappa shape index (κ2) is 7.48. The van der Waals surface area contributed by atoms with Crippen LogP contribution in [0.2, 0.25) is 0 Å². The molecule has 6 heteroatoms. The molecule has 20 heavy (non-hydrogen) atoms. The summed E-state index contributed by atoms with van der Waals surface area (Å²) in [5.74, 6) is 5.65. The minimum absolute atomic E-state index is 0.0549. The van der Waals surface area contributed by atoms with Gasteiger partial charge < -0.3 is 15.4 Å². The Kier molecular flexibility index (Phi) is 5.35. The minimum atomic E-state index is -0.0928. The van der Waals surface area contributed by atoms with Gasteiger partial charge >= 0.3 is 0 Å². The van der Waals surface area contributed by atoms with E-state index in [-0.39, 0.29) is 12.5 Å². The van der Waals surface area contributed by atoms with Crippen LogP contribution in [0.3, 0.4) is 0 Å². The van der Waals surface area contributed by atoms with E-state index in [9.17, 15) is 4.79 Å². The topological polar surface area (TPSA) is 78.0 Å². The molecule has 3 N–H and O–H groups in total. The number of rotatable bonds is 5. The third kappa shape index (κ3) is 4.23. The fourth-order valence-corrected chi connectivity index (χ4v) is 2.35. The molecule has 0 aliphatic heterocycles. The van der Waals surface area contributed by atoms with Gasteiger partial charge in [0, 0.05) is 31.3 Å². The van der Waals surface area contributed by atoms with Gasteiger partial charge in [0.15, 0.2) is 0 Å². The lowest BCUT2D eigenvalue weighted by Crippen LogP contribution is -2.24. The van der Waals surface area contributed by atoms with Crippen LogP contribution < -0.4 is 5.32 Å². The smallest absolute Gasteiger partial charge is 0.261 e. The van der Waals surface area contributed by atoms with Gasteiger partial charge in [-0.25, -0.2) is 4.98 Å². The van der Waals surface area contributed by atoms with Gasteiger partial charge in [0.1, 0.15) is 0 Å². The first kappa shape index (κ1) is 14.3. The lowest BCUT2D eigenvalue weighted by Gasteiger charge is -2.01. The number of imidazole rings is 1. The van der Waals surface area contributed by atoms with Crippen LogP contribution in [-0.2, 0) is 6.42 Å². The predicted molar refractivity (Wildman–Crippen MR) is 77.5 cm³/mol. The Labute approximate surface area is 121 Å². The molecule has 2 heterocycles. The first-order valence-electron chi connectivity index (χ1n) is 6.24. The largest absolute Gasteiger partial charge is 0.395 e. The molecular weight excluding hydrogens is 274 g/mol. The highest BCUT2D eigenvalue weighted by atomic mass is 32.1. The summed E-state index contributed by atoms with van der Waals surface area (Å²) in [6.45, 7) is 0.615. The van der Waals surface area contributed by atoms with Crippen molar-refractivity contribution in [1.82, 2.24) is 15.3 Å². The Bertz CT molecular complexity index is 608. The van der Waals surface area contributed by atoms with Crippen LogP contribution in [-0.4, -0.2) is 34.1 Å². The van der Waals surface area contributed by atoms with E-state index in [1.807, 2.05) is 6.07 Å². The summed E-state index contributed by atoms with van der Waals surface area (Å²) in [5, 5.41) is 11.5. The van der Waals surface area contributed by atoms with E-state index < -0.39 is 0 Å². The van der Waals surface area contributed by atoms with Crippen molar-refractivity contribution in [1.29, 1.82) is 0 Å². The molecular formula is C14H15N3O2S. The molecule has 5 nitrogen and oxygen atoms in total. The number of aliphatic hydroxyl groups is 1. The molecule has 0 bridgehead atoms. The number of hydrogen-bond donors (Lipinski definition) is 3. The SMILES string of the molecule is O=C(NCCc1cnc[nH]1)c1ccc(C#CCCO)s1. The molecule has 0 spiro atoms. The number of aliphatic hydroxyl groups excluding tert-OH is 1. The summed E-state index contributed by atoms with van der Waals surface area (Å²) < 4.78 is 0. The van der Waals surface area contributed by atoms with Gasteiger partial charge in [0.2, 0.25) is 0 Å². The van der Waals surface area contributed by atoms with Gasteiger partial charge in [-0.2, -0.15) is 0 Å². The van der Waals surface area contributed by atoms with Crippen molar-refractivity contribution in [3.63, 3.8) is 0 Å². The molecule has 0 radical (unpaired) electrons. The summed E-state index contributed by atoms with van der Waals surface area (Å²) in [7, 11) is 0. The van der Waals surface area contributed by atoms with Gasteiger partial charge in [0.05, 0.1) is 22.7 Å². The molecule has 2 aromatic heterocycles. The molecule has 0 unspecified atom stereocenters. The minimum Gasteiger partial charge on any atom is -0.395 e. The van der Waals surface area contributed by atoms with E-state index >= 15 is 0 Å². The Hall–Kier alpha value is -2.10. The van der Waals surface area contributed by atoms with Crippen LogP contribution in [0.1, 0.15) is 26.7 Å². The highest BCUT2D eigenvalue weighted by Crippen LogP contribution is 2.15. The number of aromatic nitrogens is 2. The highest BCUT2D eigenvalue weighted by molar-refractivity contribution is 7.14. The Morgan fingerprint density at radius 2 is 2.40 bits per heavy atom. The summed E-state index contributed by atoms with van der Waals surface area (Å²) in [6, 6.07) is 3.58. The zero-order chi connectivity index (χ0) is 14.2. The van der Waals surface area contributed by atoms with Crippen molar-refractivity contribution < 1.29 is 9.90 Å². The van der Waals surface area contributed by atoms with E-state index in [4.69, 9.17) is 5.11 Å². The lowest BCUT2D eigenvalue weighted by atomic mass is 10.3. The number of nitrogens with one attached hydrogen (secondary N) is 2. The third-order valence-electron chi connectivity index (χ3n) is 2.51. The first-order chi connectivity index (χ1) is 9.79. The van der Waals surface area contributed by atoms with Crippen LogP contribution in [0.15, 0.2) is 24.7 Å². The monoisotopic (exact) mass is 289 g/mol. The Morgan fingerprint density at radius 3 is 3.15 bits per heavy atom. The van der Waals surface area contributed by atoms with Gasteiger partial charge in [-0.3, -0.25) is 4.79 Å². The second-order valence-electron chi connectivity index (χ2n) is 4.02. The van der Waals surface area contributed by atoms with Crippen LogP contribution in [0.4, 0.5) is 0 Å². The summed E-state index contributed by atoms with van der Waals surface area (Å²) >= 11 is 1.35. The number of thiophene rings is 1. The second-order valence-corrected chi connectivity index (χ2v) is 5.11. The molecule has 0 aromatic carbocycles. The molecule has 2 aromatic rings. The average molecular weight is 289 g/mol. The van der Waals surface area contributed by atoms with Gasteiger partial charge in [0.25, 0.3) is 5.91 Å². The van der Waals surface area contributed by atoms with Crippen LogP contribution in [0, 0.1) is 11.8 Å². The molecule has 0 fully saturated rings. The van der Waals surface area contributed by atoms with Crippen molar-refractivity contribution >= 4 is 17.2 Å². The number of carbonyl (C=O) groups is 1. The van der Waals surface area contributed by atoms with Crippen molar-refractivity contribution in [2.24, 2.45) is 0 Å². The molecule has 2 rings (SSSR count). The number of nitrogens with zero attached hydrogens (tertiary/aromatic N) is 1. The fraction of sp³-hybridized carbons (Fsp3) is 0.286. The Morgan fingerprint density at radius 1 is 1.50 bits per heavy atom. The number of H-pyrrole nitrogens is 1. The fourth-order valence-electron chi connectivity index (χ4n) is 1.55. The van der Waals surface area contributed by atoms with Crippen molar-refractivity contribution in [3.05, 3.63) is 40.1 Å². The number of hydrogen-bond acceptors (Lipinski definition) is 4. The lowest BCUT2D eigenvalue weighted by molar-refractivity contribution is 0.0958. The van der Waals surface area contributed by atoms with Gasteiger partial charge in [-0.15, -0.1) is 11.3 Å². The predicted octanol–water partition coefficient (Wildman–Crippen LogP) is 1.18. The molecule has 0 aliphatic rings. The third-order valence-corrected chi connectivity index (χ3v) is 3.51. The molecule has 0 saturated carbocycles. The van der Waals surface area contributed by atoms with Crippen LogP contribution >= 0.6 is 11.3 Å². The summed E-state index contributed by atoms with van der Waals surface area (Å²) in [5.41, 5.74) is 0.993. The van der Waals surface area contributed by atoms with Crippen molar-refractivity contribution in [2.75, 3.05) is 13.2 Å². The molecule has 1 amide bonds. The zero-order valence-electron chi connectivity index (χ0n) is 10.8. The molecule has 0 aliphatic carbocycles. The highest BCUT2D eigenvalue weighted by Gasteiger charge is 2.07. The average Bonchev–Trinajstić information content (AvgIpc) is 3.10. The van der Waals surface area contributed by atoms with Crippen LogP contribution in [0.5, 0.6) is 0 Å². The summed E-state index contributed by atoms with van der Waals surface area (Å²) in [6.07, 6.45) is 4.53. The van der Waals surface area contributed by atoms with Gasteiger partial charge in [-0.05, 0) is 12.1 Å². The standard InChI is InChI=1S/C14H15N3O2S/c18-8-2-1-3-12-4-5-13(20-12)14(19)16-7-6-11-9-15-10-17-11/h4-5,9-10,18H,2,6-8H2,(H,15,17)(H,16,19). The molecule has 0 saturated heterocycles. The van der Waals surface area contributed by atoms with Crippen molar-refractivity contribution in [2.45, 2.75) is 12.8 Å². The van der Waals surface area contributed by atoms with E-state index in [1.54, 1.807) is 18.6 Å². The Balaban J connectivity index is 1.82. The normalized spacial score (nSPS) is 9.85. The molecule has 104 valence electrons. The first-order valence-corrected chi connectivity index (χ1v) is 7.06. The van der Waals surface area contributed by atoms with Crippen molar-refractivity contribution in [3.8, 4) is 11.8 Å². The molecule has 0 atom stereocenters. The van der Waals surface area contributed by atoms with E-state index in [0.29, 0.717) is 17.8 Å². The van der Waals surface area contributed by atoms with E-state index in [2.05, 4.69) is 27.1 Å².